The summed E-state index contributed by atoms with van der Waals surface area (Å²) < 4.78 is 55.3. The van der Waals surface area contributed by atoms with Gasteiger partial charge < -0.3 is 9.64 Å². The molecule has 0 bridgehead atoms. The number of nitrogens with zero attached hydrogens (tertiary/aromatic N) is 1. The first-order valence-electron chi connectivity index (χ1n) is 8.40. The smallest absolute Gasteiger partial charge is 0.405 e. The first kappa shape index (κ1) is 18.9. The predicted molar refractivity (Wildman–Crippen MR) is 92.1 cm³/mol. The largest absolute Gasteiger partial charge is 0.573 e. The normalized spacial score (nSPS) is 14.4. The summed E-state index contributed by atoms with van der Waals surface area (Å²) in [7, 11) is 0. The van der Waals surface area contributed by atoms with E-state index >= 15 is 0 Å². The molecule has 0 heterocycles. The summed E-state index contributed by atoms with van der Waals surface area (Å²) >= 11 is 0. The molecule has 0 saturated heterocycles. The van der Waals surface area contributed by atoms with Crippen LogP contribution in [0, 0.1) is 5.82 Å². The highest BCUT2D eigenvalue weighted by Crippen LogP contribution is 2.30. The zero-order valence-electron chi connectivity index (χ0n) is 14.2. The van der Waals surface area contributed by atoms with Crippen molar-refractivity contribution in [2.75, 3.05) is 0 Å². The summed E-state index contributed by atoms with van der Waals surface area (Å²) in [5, 5.41) is 0. The van der Waals surface area contributed by atoms with E-state index in [9.17, 15) is 22.4 Å². The Kier molecular flexibility index (Phi) is 5.48. The first-order valence-corrected chi connectivity index (χ1v) is 8.40. The van der Waals surface area contributed by atoms with Gasteiger partial charge in [-0.2, -0.15) is 0 Å². The summed E-state index contributed by atoms with van der Waals surface area (Å²) in [5.41, 5.74) is 0.525. The lowest BCUT2D eigenvalue weighted by Gasteiger charge is -2.21. The number of hydrogen-bond acceptors (Lipinski definition) is 2. The lowest BCUT2D eigenvalue weighted by atomic mass is 10.1. The van der Waals surface area contributed by atoms with Crippen LogP contribution in [-0.4, -0.2) is 23.2 Å². The zero-order chi connectivity index (χ0) is 19.4. The minimum Gasteiger partial charge on any atom is -0.405 e. The third-order valence-corrected chi connectivity index (χ3v) is 4.12. The Morgan fingerprint density at radius 1 is 1.11 bits per heavy atom. The molecule has 27 heavy (non-hydrogen) atoms. The molecule has 1 saturated carbocycles. The molecule has 0 aliphatic heterocycles. The molecular weight excluding hydrogens is 362 g/mol. The maximum atomic E-state index is 13.9. The standard InChI is InChI=1S/C20H17F4NO2/c21-17-7-3-1-6-15(17)13-25(16-10-11-16)19(26)12-9-14-5-2-4-8-18(14)27-20(22,23)24/h1-9,12,16H,10-11,13H2/b12-9+. The molecule has 2 aromatic carbocycles. The van der Waals surface area contributed by atoms with E-state index in [-0.39, 0.29) is 29.8 Å². The van der Waals surface area contributed by atoms with Gasteiger partial charge in [-0.25, -0.2) is 4.39 Å². The van der Waals surface area contributed by atoms with Crippen molar-refractivity contribution < 1.29 is 27.1 Å². The van der Waals surface area contributed by atoms with Crippen LogP contribution < -0.4 is 4.74 Å². The molecule has 3 rings (SSSR count). The molecular formula is C20H17F4NO2. The molecule has 3 nitrogen and oxygen atoms in total. The number of ether oxygens (including phenoxy) is 1. The van der Waals surface area contributed by atoms with Gasteiger partial charge in [0.1, 0.15) is 11.6 Å². The average molecular weight is 379 g/mol. The fourth-order valence-electron chi connectivity index (χ4n) is 2.68. The zero-order valence-corrected chi connectivity index (χ0v) is 14.2. The van der Waals surface area contributed by atoms with E-state index in [1.165, 1.54) is 41.3 Å². The maximum Gasteiger partial charge on any atom is 0.573 e. The number of halogens is 4. The number of hydrogen-bond donors (Lipinski definition) is 0. The molecule has 1 amide bonds. The van der Waals surface area contributed by atoms with Gasteiger partial charge in [-0.15, -0.1) is 13.2 Å². The second-order valence-electron chi connectivity index (χ2n) is 6.21. The molecule has 0 spiro atoms. The van der Waals surface area contributed by atoms with E-state index in [1.54, 1.807) is 24.3 Å². The average Bonchev–Trinajstić information content (AvgIpc) is 3.43. The Balaban J connectivity index is 1.76. The Hall–Kier alpha value is -2.83. The van der Waals surface area contributed by atoms with Crippen LogP contribution in [0.5, 0.6) is 5.75 Å². The summed E-state index contributed by atoms with van der Waals surface area (Å²) in [6, 6.07) is 11.8. The van der Waals surface area contributed by atoms with Gasteiger partial charge in [0.05, 0.1) is 0 Å². The van der Waals surface area contributed by atoms with Crippen molar-refractivity contribution in [3.63, 3.8) is 0 Å². The molecule has 1 fully saturated rings. The lowest BCUT2D eigenvalue weighted by Crippen LogP contribution is -2.31. The highest BCUT2D eigenvalue weighted by atomic mass is 19.4. The molecule has 2 aromatic rings. The molecule has 0 atom stereocenters. The highest BCUT2D eigenvalue weighted by Gasteiger charge is 2.33. The number of carbonyl (C=O) groups is 1. The second-order valence-corrected chi connectivity index (χ2v) is 6.21. The molecule has 0 aromatic heterocycles. The van der Waals surface area contributed by atoms with Gasteiger partial charge in [-0.3, -0.25) is 4.79 Å². The maximum absolute atomic E-state index is 13.9. The van der Waals surface area contributed by atoms with E-state index < -0.39 is 12.2 Å². The monoisotopic (exact) mass is 379 g/mol. The van der Waals surface area contributed by atoms with Crippen LogP contribution in [0.2, 0.25) is 0 Å². The summed E-state index contributed by atoms with van der Waals surface area (Å²) in [6.07, 6.45) is -0.708. The van der Waals surface area contributed by atoms with Gasteiger partial charge in [0, 0.05) is 29.8 Å². The molecule has 0 unspecified atom stereocenters. The topological polar surface area (TPSA) is 29.5 Å². The Labute approximate surface area is 153 Å². The van der Waals surface area contributed by atoms with Gasteiger partial charge >= 0.3 is 6.36 Å². The van der Waals surface area contributed by atoms with Gasteiger partial charge in [0.25, 0.3) is 0 Å². The van der Waals surface area contributed by atoms with E-state index in [0.717, 1.165) is 12.8 Å². The van der Waals surface area contributed by atoms with Crippen molar-refractivity contribution in [1.82, 2.24) is 4.90 Å². The molecule has 1 aliphatic rings. The fourth-order valence-corrected chi connectivity index (χ4v) is 2.68. The van der Waals surface area contributed by atoms with Crippen molar-refractivity contribution in [2.24, 2.45) is 0 Å². The predicted octanol–water partition coefficient (Wildman–Crippen LogP) is 4.93. The lowest BCUT2D eigenvalue weighted by molar-refractivity contribution is -0.274. The van der Waals surface area contributed by atoms with Crippen LogP contribution in [0.4, 0.5) is 17.6 Å². The van der Waals surface area contributed by atoms with Gasteiger partial charge in [-0.05, 0) is 31.1 Å². The van der Waals surface area contributed by atoms with E-state index in [2.05, 4.69) is 4.74 Å². The Bertz CT molecular complexity index is 844. The number of para-hydroxylation sites is 1. The number of carbonyl (C=O) groups excluding carboxylic acids is 1. The minimum atomic E-state index is -4.82. The number of rotatable bonds is 6. The summed E-state index contributed by atoms with van der Waals surface area (Å²) in [5.74, 6) is -1.17. The van der Waals surface area contributed by atoms with Crippen molar-refractivity contribution >= 4 is 12.0 Å². The van der Waals surface area contributed by atoms with Gasteiger partial charge in [0.15, 0.2) is 0 Å². The van der Waals surface area contributed by atoms with Crippen molar-refractivity contribution in [1.29, 1.82) is 0 Å². The molecule has 7 heteroatoms. The van der Waals surface area contributed by atoms with Crippen molar-refractivity contribution in [3.05, 3.63) is 71.6 Å². The van der Waals surface area contributed by atoms with Crippen LogP contribution in [-0.2, 0) is 11.3 Å². The molecule has 0 N–H and O–H groups in total. The first-order chi connectivity index (χ1) is 12.8. The van der Waals surface area contributed by atoms with E-state index in [4.69, 9.17) is 0 Å². The van der Waals surface area contributed by atoms with Crippen LogP contribution in [0.3, 0.4) is 0 Å². The highest BCUT2D eigenvalue weighted by molar-refractivity contribution is 5.92. The van der Waals surface area contributed by atoms with Crippen LogP contribution in [0.1, 0.15) is 24.0 Å². The Morgan fingerprint density at radius 2 is 1.78 bits per heavy atom. The van der Waals surface area contributed by atoms with Crippen LogP contribution >= 0.6 is 0 Å². The fraction of sp³-hybridized carbons (Fsp3) is 0.250. The number of amides is 1. The minimum absolute atomic E-state index is 0.0171. The van der Waals surface area contributed by atoms with Gasteiger partial charge in [-0.1, -0.05) is 36.4 Å². The van der Waals surface area contributed by atoms with Crippen LogP contribution in [0.25, 0.3) is 6.08 Å². The Morgan fingerprint density at radius 3 is 2.44 bits per heavy atom. The van der Waals surface area contributed by atoms with E-state index in [1.807, 2.05) is 0 Å². The third kappa shape index (κ3) is 5.32. The van der Waals surface area contributed by atoms with Crippen molar-refractivity contribution in [3.8, 4) is 5.75 Å². The van der Waals surface area contributed by atoms with Crippen LogP contribution in [0.15, 0.2) is 54.6 Å². The van der Waals surface area contributed by atoms with E-state index in [0.29, 0.717) is 5.56 Å². The number of benzene rings is 2. The number of alkyl halides is 3. The van der Waals surface area contributed by atoms with Gasteiger partial charge in [0.2, 0.25) is 5.91 Å². The third-order valence-electron chi connectivity index (χ3n) is 4.12. The molecule has 0 radical (unpaired) electrons. The summed E-state index contributed by atoms with van der Waals surface area (Å²) in [4.78, 5) is 14.1. The second kappa shape index (κ2) is 7.82. The quantitative estimate of drug-likeness (QED) is 0.526. The SMILES string of the molecule is O=C(/C=C/c1ccccc1OC(F)(F)F)N(Cc1ccccc1F)C1CC1. The van der Waals surface area contributed by atoms with Crippen molar-refractivity contribution in [2.45, 2.75) is 31.8 Å². The molecule has 142 valence electrons. The molecule has 1 aliphatic carbocycles. The summed E-state index contributed by atoms with van der Waals surface area (Å²) in [6.45, 7) is 0.112.